The lowest BCUT2D eigenvalue weighted by molar-refractivity contribution is -0.140. The number of rotatable bonds is 0. The van der Waals surface area contributed by atoms with Crippen LogP contribution in [0.5, 0.6) is 0 Å². The summed E-state index contributed by atoms with van der Waals surface area (Å²) in [6.07, 6.45) is 4.98. The van der Waals surface area contributed by atoms with Gasteiger partial charge in [0.1, 0.15) is 6.10 Å². The number of carbonyl (C=O) groups excluding carboxylic acids is 1. The largest absolute Gasteiger partial charge is 0.457 e. The molecule has 0 unspecified atom stereocenters. The highest BCUT2D eigenvalue weighted by Gasteiger charge is 2.46. The predicted octanol–water partition coefficient (Wildman–Crippen LogP) is 3.07. The van der Waals surface area contributed by atoms with Gasteiger partial charge in [0.25, 0.3) is 0 Å². The van der Waals surface area contributed by atoms with Crippen molar-refractivity contribution in [2.45, 2.75) is 53.1 Å². The number of hydrogen-bond acceptors (Lipinski definition) is 2. The number of ether oxygens (including phenoxy) is 1. The van der Waals surface area contributed by atoms with Gasteiger partial charge >= 0.3 is 5.97 Å². The average molecular weight is 208 g/mol. The summed E-state index contributed by atoms with van der Waals surface area (Å²) in [5.41, 5.74) is 1.70. The fourth-order valence-electron chi connectivity index (χ4n) is 2.53. The molecule has 0 aromatic carbocycles. The zero-order chi connectivity index (χ0) is 11.3. The number of fused-ring (bicyclic) bond motifs is 1. The van der Waals surface area contributed by atoms with E-state index in [1.54, 1.807) is 0 Å². The number of allylic oxidation sites excluding steroid dienone is 1. The van der Waals surface area contributed by atoms with Crippen LogP contribution in [-0.2, 0) is 9.53 Å². The third kappa shape index (κ3) is 1.82. The van der Waals surface area contributed by atoms with Crippen LogP contribution in [-0.4, -0.2) is 12.1 Å². The Labute approximate surface area is 91.7 Å². The highest BCUT2D eigenvalue weighted by atomic mass is 16.6. The van der Waals surface area contributed by atoms with Crippen molar-refractivity contribution in [3.63, 3.8) is 0 Å². The molecule has 0 aromatic heterocycles. The van der Waals surface area contributed by atoms with E-state index in [0.717, 1.165) is 12.8 Å². The second-order valence-electron chi connectivity index (χ2n) is 6.18. The zero-order valence-electron chi connectivity index (χ0n) is 10.1. The number of esters is 1. The fourth-order valence-corrected chi connectivity index (χ4v) is 2.53. The smallest absolute Gasteiger partial charge is 0.307 e. The molecule has 1 fully saturated rings. The first-order chi connectivity index (χ1) is 6.81. The van der Waals surface area contributed by atoms with Crippen molar-refractivity contribution >= 4 is 5.97 Å². The first kappa shape index (κ1) is 10.7. The van der Waals surface area contributed by atoms with Gasteiger partial charge in [-0.1, -0.05) is 33.3 Å². The van der Waals surface area contributed by atoms with Crippen LogP contribution in [0.2, 0.25) is 0 Å². The molecule has 15 heavy (non-hydrogen) atoms. The molecule has 84 valence electrons. The maximum Gasteiger partial charge on any atom is 0.307 e. The lowest BCUT2D eigenvalue weighted by Gasteiger charge is -2.36. The molecule has 0 saturated carbocycles. The quantitative estimate of drug-likeness (QED) is 0.451. The summed E-state index contributed by atoms with van der Waals surface area (Å²) in [6, 6.07) is 0. The molecule has 0 radical (unpaired) electrons. The van der Waals surface area contributed by atoms with Crippen LogP contribution >= 0.6 is 0 Å². The lowest BCUT2D eigenvalue weighted by atomic mass is 9.69. The molecule has 1 aliphatic carbocycles. The predicted molar refractivity (Wildman–Crippen MR) is 59.4 cm³/mol. The molecule has 2 aliphatic rings. The molecule has 2 nitrogen and oxygen atoms in total. The highest BCUT2D eigenvalue weighted by molar-refractivity contribution is 5.73. The van der Waals surface area contributed by atoms with E-state index < -0.39 is 0 Å². The van der Waals surface area contributed by atoms with Crippen molar-refractivity contribution in [3.05, 3.63) is 11.6 Å². The topological polar surface area (TPSA) is 26.3 Å². The Balaban J connectivity index is 2.27. The van der Waals surface area contributed by atoms with Gasteiger partial charge in [0.2, 0.25) is 0 Å². The molecular weight excluding hydrogens is 188 g/mol. The molecular formula is C13H20O2. The van der Waals surface area contributed by atoms with Gasteiger partial charge in [0, 0.05) is 5.41 Å². The average Bonchev–Trinajstić information content (AvgIpc) is 2.35. The van der Waals surface area contributed by atoms with E-state index in [9.17, 15) is 4.79 Å². The van der Waals surface area contributed by atoms with Crippen molar-refractivity contribution < 1.29 is 9.53 Å². The summed E-state index contributed by atoms with van der Waals surface area (Å²) in [5, 5.41) is 0. The van der Waals surface area contributed by atoms with Gasteiger partial charge in [-0.2, -0.15) is 0 Å². The molecule has 0 spiro atoms. The van der Waals surface area contributed by atoms with E-state index in [0.29, 0.717) is 6.42 Å². The summed E-state index contributed by atoms with van der Waals surface area (Å²) in [4.78, 5) is 11.3. The fraction of sp³-hybridized carbons (Fsp3) is 0.769. The SMILES string of the molecule is CC(C)(C)C1=C[C@@H]2OC(=O)C[C@]2(C)CC1. The van der Waals surface area contributed by atoms with E-state index in [2.05, 4.69) is 33.8 Å². The van der Waals surface area contributed by atoms with Crippen LogP contribution in [0.3, 0.4) is 0 Å². The van der Waals surface area contributed by atoms with Crippen LogP contribution in [0.25, 0.3) is 0 Å². The Hall–Kier alpha value is -0.790. The zero-order valence-corrected chi connectivity index (χ0v) is 10.1. The molecule has 1 aliphatic heterocycles. The van der Waals surface area contributed by atoms with Crippen LogP contribution < -0.4 is 0 Å². The standard InChI is InChI=1S/C13H20O2/c1-12(2,3)9-5-6-13(4)8-11(14)15-10(13)7-9/h7,10H,5-6,8H2,1-4H3/t10-,13-/m0/s1. The Bertz CT molecular complexity index is 322. The summed E-state index contributed by atoms with van der Waals surface area (Å²) in [6.45, 7) is 8.83. The Morgan fingerprint density at radius 2 is 2.13 bits per heavy atom. The Morgan fingerprint density at radius 3 is 2.73 bits per heavy atom. The van der Waals surface area contributed by atoms with Crippen molar-refractivity contribution in [1.29, 1.82) is 0 Å². The molecule has 2 rings (SSSR count). The normalized spacial score (nSPS) is 35.9. The Kier molecular flexibility index (Phi) is 2.21. The number of hydrogen-bond donors (Lipinski definition) is 0. The molecule has 0 N–H and O–H groups in total. The summed E-state index contributed by atoms with van der Waals surface area (Å²) in [7, 11) is 0. The monoisotopic (exact) mass is 208 g/mol. The van der Waals surface area contributed by atoms with Gasteiger partial charge in [-0.25, -0.2) is 0 Å². The molecule has 1 saturated heterocycles. The van der Waals surface area contributed by atoms with Crippen LogP contribution in [0.15, 0.2) is 11.6 Å². The van der Waals surface area contributed by atoms with Gasteiger partial charge < -0.3 is 4.74 Å². The second-order valence-corrected chi connectivity index (χ2v) is 6.18. The van der Waals surface area contributed by atoms with Crippen LogP contribution in [0, 0.1) is 10.8 Å². The second kappa shape index (κ2) is 3.10. The summed E-state index contributed by atoms with van der Waals surface area (Å²) in [5.74, 6) is -0.0334. The van der Waals surface area contributed by atoms with Crippen molar-refractivity contribution in [2.24, 2.45) is 10.8 Å². The minimum Gasteiger partial charge on any atom is -0.457 e. The Morgan fingerprint density at radius 1 is 1.47 bits per heavy atom. The van der Waals surface area contributed by atoms with Gasteiger partial charge in [-0.05, 0) is 24.3 Å². The molecule has 2 heteroatoms. The van der Waals surface area contributed by atoms with E-state index in [-0.39, 0.29) is 22.9 Å². The van der Waals surface area contributed by atoms with E-state index in [1.807, 2.05) is 0 Å². The maximum atomic E-state index is 11.3. The van der Waals surface area contributed by atoms with Gasteiger partial charge in [-0.15, -0.1) is 0 Å². The summed E-state index contributed by atoms with van der Waals surface area (Å²) < 4.78 is 5.38. The van der Waals surface area contributed by atoms with E-state index in [4.69, 9.17) is 4.74 Å². The molecule has 2 atom stereocenters. The first-order valence-corrected chi connectivity index (χ1v) is 5.72. The van der Waals surface area contributed by atoms with Gasteiger partial charge in [-0.3, -0.25) is 4.79 Å². The minimum atomic E-state index is -0.0334. The third-order valence-electron chi connectivity index (χ3n) is 3.77. The highest BCUT2D eigenvalue weighted by Crippen LogP contribution is 2.47. The third-order valence-corrected chi connectivity index (χ3v) is 3.77. The van der Waals surface area contributed by atoms with Crippen molar-refractivity contribution in [1.82, 2.24) is 0 Å². The van der Waals surface area contributed by atoms with Crippen molar-refractivity contribution in [3.8, 4) is 0 Å². The van der Waals surface area contributed by atoms with Crippen molar-refractivity contribution in [2.75, 3.05) is 0 Å². The van der Waals surface area contributed by atoms with E-state index >= 15 is 0 Å². The lowest BCUT2D eigenvalue weighted by Crippen LogP contribution is -2.31. The first-order valence-electron chi connectivity index (χ1n) is 5.72. The van der Waals surface area contributed by atoms with E-state index in [1.165, 1.54) is 5.57 Å². The van der Waals surface area contributed by atoms with Gasteiger partial charge in [0.15, 0.2) is 0 Å². The molecule has 1 heterocycles. The maximum absolute atomic E-state index is 11.3. The number of carbonyl (C=O) groups is 1. The summed E-state index contributed by atoms with van der Waals surface area (Å²) >= 11 is 0. The molecule has 0 bridgehead atoms. The van der Waals surface area contributed by atoms with Gasteiger partial charge in [0.05, 0.1) is 6.42 Å². The molecule has 0 aromatic rings. The molecule has 0 amide bonds. The van der Waals surface area contributed by atoms with Crippen LogP contribution in [0.1, 0.15) is 47.0 Å². The van der Waals surface area contributed by atoms with Crippen LogP contribution in [0.4, 0.5) is 0 Å². The minimum absolute atomic E-state index is 0.0213.